The van der Waals surface area contributed by atoms with E-state index in [1.807, 2.05) is 19.9 Å². The summed E-state index contributed by atoms with van der Waals surface area (Å²) in [6.45, 7) is 17.0. The molecule has 0 spiro atoms. The fourth-order valence-electron chi connectivity index (χ4n) is 1.91. The molecular weight excluding hydrogens is 206 g/mol. The second-order valence-electron chi connectivity index (χ2n) is 7.09. The van der Waals surface area contributed by atoms with Crippen LogP contribution in [0.3, 0.4) is 0 Å². The van der Waals surface area contributed by atoms with Gasteiger partial charge in [-0.15, -0.1) is 0 Å². The Kier molecular flexibility index (Phi) is 3.29. The Hall–Kier alpha value is -0.850. The van der Waals surface area contributed by atoms with Crippen molar-refractivity contribution in [2.75, 3.05) is 0 Å². The molecule has 0 amide bonds. The molecule has 0 aliphatic rings. The van der Waals surface area contributed by atoms with Crippen LogP contribution in [0.15, 0.2) is 12.1 Å². The number of aromatic nitrogens is 1. The van der Waals surface area contributed by atoms with Crippen molar-refractivity contribution in [3.63, 3.8) is 0 Å². The molecular formula is C16H27N. The molecule has 0 radical (unpaired) electrons. The Labute approximate surface area is 108 Å². The van der Waals surface area contributed by atoms with Gasteiger partial charge in [0.2, 0.25) is 0 Å². The molecule has 96 valence electrons. The minimum Gasteiger partial charge on any atom is -0.257 e. The van der Waals surface area contributed by atoms with Crippen molar-refractivity contribution in [2.24, 2.45) is 0 Å². The molecule has 0 aliphatic carbocycles. The minimum atomic E-state index is -0.642. The smallest absolute Gasteiger partial charge is 0.0497 e. The van der Waals surface area contributed by atoms with Gasteiger partial charge in [0, 0.05) is 18.2 Å². The van der Waals surface area contributed by atoms with Crippen LogP contribution in [0.5, 0.6) is 0 Å². The summed E-state index contributed by atoms with van der Waals surface area (Å²) in [5, 5.41) is 0. The summed E-state index contributed by atoms with van der Waals surface area (Å²) >= 11 is 0. The normalized spacial score (nSPS) is 14.7. The molecule has 0 saturated heterocycles. The lowest BCUT2D eigenvalue weighted by molar-refractivity contribution is 0.510. The van der Waals surface area contributed by atoms with Gasteiger partial charge in [-0.3, -0.25) is 4.98 Å². The van der Waals surface area contributed by atoms with Gasteiger partial charge >= 0.3 is 0 Å². The summed E-state index contributed by atoms with van der Waals surface area (Å²) in [5.74, 6) is -0.642. The predicted molar refractivity (Wildman–Crippen MR) is 75.7 cm³/mol. The Balaban J connectivity index is 3.50. The third kappa shape index (κ3) is 3.31. The zero-order valence-corrected chi connectivity index (χ0v) is 12.6. The molecule has 0 saturated carbocycles. The number of hydrogen-bond donors (Lipinski definition) is 0. The van der Waals surface area contributed by atoms with Crippen molar-refractivity contribution in [1.82, 2.24) is 4.98 Å². The topological polar surface area (TPSA) is 12.9 Å². The van der Waals surface area contributed by atoms with Crippen molar-refractivity contribution in [2.45, 2.75) is 72.1 Å². The lowest BCUT2D eigenvalue weighted by Crippen LogP contribution is -2.24. The summed E-state index contributed by atoms with van der Waals surface area (Å²) < 4.78 is 8.14. The van der Waals surface area contributed by atoms with Crippen LogP contribution in [0.25, 0.3) is 0 Å². The molecule has 17 heavy (non-hydrogen) atoms. The van der Waals surface area contributed by atoms with Gasteiger partial charge < -0.3 is 0 Å². The number of rotatable bonds is 1. The quantitative estimate of drug-likeness (QED) is 0.681. The maximum Gasteiger partial charge on any atom is 0.0497 e. The highest BCUT2D eigenvalue weighted by Crippen LogP contribution is 2.33. The molecule has 1 heterocycles. The van der Waals surface area contributed by atoms with Crippen LogP contribution in [-0.2, 0) is 10.8 Å². The van der Waals surface area contributed by atoms with Gasteiger partial charge in [0.15, 0.2) is 0 Å². The first-order valence-corrected chi connectivity index (χ1v) is 6.36. The zero-order valence-electron chi connectivity index (χ0n) is 13.6. The van der Waals surface area contributed by atoms with Gasteiger partial charge in [0.25, 0.3) is 0 Å². The summed E-state index contributed by atoms with van der Waals surface area (Å²) in [4.78, 5) is 4.79. The van der Waals surface area contributed by atoms with E-state index >= 15 is 0 Å². The maximum absolute atomic E-state index is 8.14. The van der Waals surface area contributed by atoms with Crippen molar-refractivity contribution in [3.05, 3.63) is 29.1 Å². The Morgan fingerprint density at radius 2 is 1.53 bits per heavy atom. The van der Waals surface area contributed by atoms with E-state index in [0.717, 1.165) is 11.4 Å². The highest BCUT2D eigenvalue weighted by molar-refractivity contribution is 5.34. The number of pyridine rings is 1. The van der Waals surface area contributed by atoms with Gasteiger partial charge in [0.05, 0.1) is 0 Å². The van der Waals surface area contributed by atoms with Crippen LogP contribution in [0, 0.1) is 0 Å². The summed E-state index contributed by atoms with van der Waals surface area (Å²) in [7, 11) is 0. The number of hydrogen-bond acceptors (Lipinski definition) is 1. The van der Waals surface area contributed by atoms with Gasteiger partial charge in [0.1, 0.15) is 0 Å². The van der Waals surface area contributed by atoms with Gasteiger partial charge in [-0.25, -0.2) is 0 Å². The molecule has 0 atom stereocenters. The van der Waals surface area contributed by atoms with E-state index in [1.54, 1.807) is 0 Å². The van der Waals surface area contributed by atoms with E-state index in [0.29, 0.717) is 0 Å². The van der Waals surface area contributed by atoms with E-state index in [1.165, 1.54) is 5.56 Å². The van der Waals surface area contributed by atoms with E-state index in [4.69, 9.17) is 6.35 Å². The standard InChI is InChI=1S/C16H27N/c1-11(2)13-10-9-12(15(3,4)5)14(17-13)16(6,7)8/h9-11H,1-8H3/i11T. The fourth-order valence-corrected chi connectivity index (χ4v) is 1.91. The molecule has 0 N–H and O–H groups in total. The van der Waals surface area contributed by atoms with Crippen LogP contribution in [0.4, 0.5) is 0 Å². The van der Waals surface area contributed by atoms with Crippen LogP contribution < -0.4 is 0 Å². The third-order valence-corrected chi connectivity index (χ3v) is 2.93. The Morgan fingerprint density at radius 3 is 1.88 bits per heavy atom. The second kappa shape index (κ2) is 4.44. The molecule has 0 bridgehead atoms. The maximum atomic E-state index is 8.14. The zero-order chi connectivity index (χ0) is 14.4. The molecule has 1 rings (SSSR count). The minimum absolute atomic E-state index is 0.00384. The average molecular weight is 235 g/mol. The van der Waals surface area contributed by atoms with Crippen LogP contribution >= 0.6 is 0 Å². The first-order chi connectivity index (χ1) is 7.83. The average Bonchev–Trinajstić information content (AvgIpc) is 2.12. The van der Waals surface area contributed by atoms with E-state index in [9.17, 15) is 0 Å². The third-order valence-electron chi connectivity index (χ3n) is 2.93. The van der Waals surface area contributed by atoms with Gasteiger partial charge in [-0.05, 0) is 22.9 Å². The molecule has 0 fully saturated rings. The Morgan fingerprint density at radius 1 is 1.00 bits per heavy atom. The van der Waals surface area contributed by atoms with Crippen molar-refractivity contribution in [1.29, 1.82) is 0 Å². The second-order valence-corrected chi connectivity index (χ2v) is 7.09. The van der Waals surface area contributed by atoms with Crippen molar-refractivity contribution >= 4 is 0 Å². The van der Waals surface area contributed by atoms with Crippen molar-refractivity contribution in [3.8, 4) is 0 Å². The summed E-state index contributed by atoms with van der Waals surface area (Å²) in [6.07, 6.45) is 0. The van der Waals surface area contributed by atoms with Crippen molar-refractivity contribution < 1.29 is 1.37 Å². The molecule has 0 aliphatic heterocycles. The first kappa shape index (κ1) is 12.6. The van der Waals surface area contributed by atoms with Gasteiger partial charge in [-0.1, -0.05) is 61.5 Å². The molecule has 1 heteroatoms. The highest BCUT2D eigenvalue weighted by atomic mass is 14.7. The van der Waals surface area contributed by atoms with E-state index in [-0.39, 0.29) is 10.8 Å². The number of nitrogens with zero attached hydrogens (tertiary/aromatic N) is 1. The molecule has 1 nitrogen and oxygen atoms in total. The SMILES string of the molecule is [3H]C(C)(C)c1ccc(C(C)(C)C)c(C(C)(C)C)n1. The molecule has 0 unspecified atom stereocenters. The Bertz CT molecular complexity index is 428. The lowest BCUT2D eigenvalue weighted by Gasteiger charge is -2.29. The van der Waals surface area contributed by atoms with Crippen LogP contribution in [-0.4, -0.2) is 4.98 Å². The first-order valence-electron chi connectivity index (χ1n) is 6.86. The fraction of sp³-hybridized carbons (Fsp3) is 0.688. The lowest BCUT2D eigenvalue weighted by atomic mass is 9.78. The highest BCUT2D eigenvalue weighted by Gasteiger charge is 2.26. The molecule has 0 aromatic carbocycles. The van der Waals surface area contributed by atoms with E-state index < -0.39 is 5.89 Å². The largest absolute Gasteiger partial charge is 0.257 e. The molecule has 1 aromatic heterocycles. The van der Waals surface area contributed by atoms with E-state index in [2.05, 4.69) is 47.6 Å². The van der Waals surface area contributed by atoms with Crippen LogP contribution in [0.2, 0.25) is 0 Å². The molecule has 1 aromatic rings. The summed E-state index contributed by atoms with van der Waals surface area (Å²) in [6, 6.07) is 4.15. The predicted octanol–water partition coefficient (Wildman–Crippen LogP) is 4.80. The van der Waals surface area contributed by atoms with Crippen LogP contribution in [0.1, 0.15) is 79.6 Å². The summed E-state index contributed by atoms with van der Waals surface area (Å²) in [5.41, 5.74) is 3.33. The monoisotopic (exact) mass is 235 g/mol. The van der Waals surface area contributed by atoms with Gasteiger partial charge in [-0.2, -0.15) is 0 Å².